The second-order valence-corrected chi connectivity index (χ2v) is 5.77. The summed E-state index contributed by atoms with van der Waals surface area (Å²) in [4.78, 5) is 4.24. The Labute approximate surface area is 109 Å². The molecule has 0 radical (unpaired) electrons. The van der Waals surface area contributed by atoms with Crippen molar-refractivity contribution in [2.45, 2.75) is 32.7 Å². The third kappa shape index (κ3) is 2.51. The summed E-state index contributed by atoms with van der Waals surface area (Å²) in [5.74, 6) is 3.79. The van der Waals surface area contributed by atoms with Gasteiger partial charge in [0.05, 0.1) is 0 Å². The van der Waals surface area contributed by atoms with Crippen LogP contribution in [0.25, 0.3) is 0 Å². The molecule has 3 rings (SSSR count). The SMILES string of the molecule is Cc1nccn1CCCNC[C@H]1C[C@H]2C=C[C@@H]1C2. The average molecular weight is 245 g/mol. The van der Waals surface area contributed by atoms with Crippen molar-refractivity contribution in [3.05, 3.63) is 30.4 Å². The Morgan fingerprint density at radius 3 is 3.00 bits per heavy atom. The Morgan fingerprint density at radius 1 is 1.39 bits per heavy atom. The maximum absolute atomic E-state index is 4.24. The lowest BCUT2D eigenvalue weighted by Crippen LogP contribution is -2.26. The summed E-state index contributed by atoms with van der Waals surface area (Å²) in [7, 11) is 0. The molecule has 1 N–H and O–H groups in total. The maximum Gasteiger partial charge on any atom is 0.105 e. The second kappa shape index (κ2) is 5.27. The number of imidazole rings is 1. The topological polar surface area (TPSA) is 29.9 Å². The third-order valence-electron chi connectivity index (χ3n) is 4.50. The van der Waals surface area contributed by atoms with Gasteiger partial charge in [-0.05, 0) is 57.0 Å². The molecule has 1 saturated carbocycles. The summed E-state index contributed by atoms with van der Waals surface area (Å²) in [5, 5.41) is 3.63. The molecular weight excluding hydrogens is 222 g/mol. The van der Waals surface area contributed by atoms with Crippen LogP contribution in [-0.2, 0) is 6.54 Å². The van der Waals surface area contributed by atoms with Gasteiger partial charge in [-0.25, -0.2) is 4.98 Å². The standard InChI is InChI=1S/C15H23N3/c1-12-17-6-8-18(12)7-2-5-16-11-15-10-13-3-4-14(15)9-13/h3-4,6,8,13-16H,2,5,7,9-11H2,1H3/t13-,14+,15+/m0/s1. The highest BCUT2D eigenvalue weighted by Gasteiger charge is 2.34. The number of allylic oxidation sites excluding steroid dienone is 2. The van der Waals surface area contributed by atoms with Crippen LogP contribution in [0.3, 0.4) is 0 Å². The molecule has 1 fully saturated rings. The van der Waals surface area contributed by atoms with Crippen LogP contribution in [0.15, 0.2) is 24.5 Å². The normalized spacial score (nSPS) is 29.3. The molecule has 2 bridgehead atoms. The predicted molar refractivity (Wildman–Crippen MR) is 73.3 cm³/mol. The van der Waals surface area contributed by atoms with E-state index in [-0.39, 0.29) is 0 Å². The Kier molecular flexibility index (Phi) is 3.50. The van der Waals surface area contributed by atoms with Crippen molar-refractivity contribution >= 4 is 0 Å². The van der Waals surface area contributed by atoms with Gasteiger partial charge >= 0.3 is 0 Å². The lowest BCUT2D eigenvalue weighted by Gasteiger charge is -2.18. The van der Waals surface area contributed by atoms with Crippen LogP contribution in [0.5, 0.6) is 0 Å². The van der Waals surface area contributed by atoms with E-state index < -0.39 is 0 Å². The molecule has 0 aliphatic heterocycles. The highest BCUT2D eigenvalue weighted by Crippen LogP contribution is 2.42. The molecule has 1 aromatic heterocycles. The predicted octanol–water partition coefficient (Wildman–Crippen LogP) is 2.38. The van der Waals surface area contributed by atoms with Crippen molar-refractivity contribution in [2.75, 3.05) is 13.1 Å². The molecule has 0 aromatic carbocycles. The lowest BCUT2D eigenvalue weighted by molar-refractivity contribution is 0.409. The van der Waals surface area contributed by atoms with E-state index in [2.05, 4.69) is 40.1 Å². The average Bonchev–Trinajstić information content (AvgIpc) is 3.06. The molecule has 98 valence electrons. The summed E-state index contributed by atoms with van der Waals surface area (Å²) < 4.78 is 2.22. The minimum atomic E-state index is 0.874. The Hall–Kier alpha value is -1.09. The zero-order valence-electron chi connectivity index (χ0n) is 11.2. The Balaban J connectivity index is 1.32. The van der Waals surface area contributed by atoms with Crippen LogP contribution < -0.4 is 5.32 Å². The van der Waals surface area contributed by atoms with Crippen LogP contribution in [0.2, 0.25) is 0 Å². The number of nitrogens with zero attached hydrogens (tertiary/aromatic N) is 2. The summed E-state index contributed by atoms with van der Waals surface area (Å²) in [6.45, 7) is 5.47. The molecule has 0 spiro atoms. The number of aryl methyl sites for hydroxylation is 2. The van der Waals surface area contributed by atoms with E-state index in [0.29, 0.717) is 0 Å². The van der Waals surface area contributed by atoms with Crippen molar-refractivity contribution in [2.24, 2.45) is 17.8 Å². The van der Waals surface area contributed by atoms with Gasteiger partial charge in [0, 0.05) is 18.9 Å². The molecule has 3 heteroatoms. The van der Waals surface area contributed by atoms with Crippen molar-refractivity contribution in [3.63, 3.8) is 0 Å². The molecule has 18 heavy (non-hydrogen) atoms. The van der Waals surface area contributed by atoms with Gasteiger partial charge in [0.1, 0.15) is 5.82 Å². The van der Waals surface area contributed by atoms with Gasteiger partial charge in [-0.15, -0.1) is 0 Å². The smallest absolute Gasteiger partial charge is 0.105 e. The van der Waals surface area contributed by atoms with Crippen LogP contribution >= 0.6 is 0 Å². The maximum atomic E-state index is 4.24. The number of aromatic nitrogens is 2. The van der Waals surface area contributed by atoms with E-state index in [1.54, 1.807) is 0 Å². The summed E-state index contributed by atoms with van der Waals surface area (Å²) in [5.41, 5.74) is 0. The number of rotatable bonds is 6. The molecule has 0 saturated heterocycles. The monoisotopic (exact) mass is 245 g/mol. The van der Waals surface area contributed by atoms with Crippen LogP contribution in [0, 0.1) is 24.7 Å². The van der Waals surface area contributed by atoms with Crippen LogP contribution in [0.1, 0.15) is 25.1 Å². The molecule has 1 heterocycles. The number of nitrogens with one attached hydrogen (secondary N) is 1. The third-order valence-corrected chi connectivity index (χ3v) is 4.50. The zero-order valence-corrected chi connectivity index (χ0v) is 11.2. The molecule has 3 atom stereocenters. The number of fused-ring (bicyclic) bond motifs is 2. The first kappa shape index (κ1) is 12.0. The van der Waals surface area contributed by atoms with E-state index in [4.69, 9.17) is 0 Å². The van der Waals surface area contributed by atoms with Crippen molar-refractivity contribution in [1.29, 1.82) is 0 Å². The molecule has 2 aliphatic rings. The highest BCUT2D eigenvalue weighted by atomic mass is 15.1. The molecule has 0 amide bonds. The molecule has 2 aliphatic carbocycles. The van der Waals surface area contributed by atoms with Crippen molar-refractivity contribution in [3.8, 4) is 0 Å². The zero-order chi connectivity index (χ0) is 12.4. The highest BCUT2D eigenvalue weighted by molar-refractivity contribution is 5.10. The van der Waals surface area contributed by atoms with Crippen molar-refractivity contribution in [1.82, 2.24) is 14.9 Å². The molecule has 1 aromatic rings. The van der Waals surface area contributed by atoms with Gasteiger partial charge in [0.25, 0.3) is 0 Å². The van der Waals surface area contributed by atoms with Crippen LogP contribution in [-0.4, -0.2) is 22.6 Å². The second-order valence-electron chi connectivity index (χ2n) is 5.77. The van der Waals surface area contributed by atoms with E-state index in [1.807, 2.05) is 6.20 Å². The minimum Gasteiger partial charge on any atom is -0.335 e. The largest absolute Gasteiger partial charge is 0.335 e. The molecule has 0 unspecified atom stereocenters. The fraction of sp³-hybridized carbons (Fsp3) is 0.667. The van der Waals surface area contributed by atoms with Gasteiger partial charge in [-0.3, -0.25) is 0 Å². The van der Waals surface area contributed by atoms with Gasteiger partial charge < -0.3 is 9.88 Å². The quantitative estimate of drug-likeness (QED) is 0.616. The minimum absolute atomic E-state index is 0.874. The van der Waals surface area contributed by atoms with Gasteiger partial charge in [0.2, 0.25) is 0 Å². The first-order valence-electron chi connectivity index (χ1n) is 7.19. The van der Waals surface area contributed by atoms with Gasteiger partial charge in [-0.2, -0.15) is 0 Å². The number of hydrogen-bond acceptors (Lipinski definition) is 2. The first-order valence-corrected chi connectivity index (χ1v) is 7.19. The van der Waals surface area contributed by atoms with E-state index in [9.17, 15) is 0 Å². The van der Waals surface area contributed by atoms with Gasteiger partial charge in [0.15, 0.2) is 0 Å². The fourth-order valence-electron chi connectivity index (χ4n) is 3.43. The molecule has 3 nitrogen and oxygen atoms in total. The van der Waals surface area contributed by atoms with E-state index in [1.165, 1.54) is 25.8 Å². The Bertz CT molecular complexity index is 421. The van der Waals surface area contributed by atoms with E-state index in [0.717, 1.165) is 36.7 Å². The lowest BCUT2D eigenvalue weighted by atomic mass is 9.94. The van der Waals surface area contributed by atoms with Gasteiger partial charge in [-0.1, -0.05) is 12.2 Å². The summed E-state index contributed by atoms with van der Waals surface area (Å²) in [6.07, 6.45) is 12.8. The summed E-state index contributed by atoms with van der Waals surface area (Å²) >= 11 is 0. The molecular formula is C15H23N3. The van der Waals surface area contributed by atoms with E-state index >= 15 is 0 Å². The van der Waals surface area contributed by atoms with Crippen molar-refractivity contribution < 1.29 is 0 Å². The fourth-order valence-corrected chi connectivity index (χ4v) is 3.43. The first-order chi connectivity index (χ1) is 8.83. The van der Waals surface area contributed by atoms with Crippen LogP contribution in [0.4, 0.5) is 0 Å². The number of hydrogen-bond donors (Lipinski definition) is 1. The Morgan fingerprint density at radius 2 is 2.33 bits per heavy atom. The summed E-state index contributed by atoms with van der Waals surface area (Å²) in [6, 6.07) is 0.